The average Bonchev–Trinajstić information content (AvgIpc) is 4.26. The number of hydrogen-bond acceptors (Lipinski definition) is 16. The highest BCUT2D eigenvalue weighted by Crippen LogP contribution is 2.64. The number of aliphatic hydroxyl groups excluding tert-OH is 1. The molecule has 1 spiro atoms. The van der Waals surface area contributed by atoms with Gasteiger partial charge in [0.25, 0.3) is 0 Å². The lowest BCUT2D eigenvalue weighted by Gasteiger charge is -2.60. The highest BCUT2D eigenvalue weighted by atomic mass is 35.5. The molecule has 1 amide bonds. The van der Waals surface area contributed by atoms with E-state index in [2.05, 4.69) is 54.4 Å². The lowest BCUT2D eigenvalue weighted by atomic mass is 9.49. The number of phenolic OH excluding ortho intramolecular Hbond substituents is 1. The van der Waals surface area contributed by atoms with Gasteiger partial charge in [-0.2, -0.15) is 0 Å². The zero-order valence-electron chi connectivity index (χ0n) is 45.5. The Morgan fingerprint density at radius 2 is 1.65 bits per heavy atom. The predicted octanol–water partition coefficient (Wildman–Crippen LogP) is 9.58. The normalized spacial score (nSPS) is 27.6. The van der Waals surface area contributed by atoms with Gasteiger partial charge in [-0.25, -0.2) is 14.4 Å². The minimum atomic E-state index is -1.05. The van der Waals surface area contributed by atoms with Crippen LogP contribution in [0.15, 0.2) is 101 Å². The van der Waals surface area contributed by atoms with Crippen LogP contribution >= 0.6 is 11.6 Å². The summed E-state index contributed by atoms with van der Waals surface area (Å²) in [6, 6.07) is 23.4. The third kappa shape index (κ3) is 9.81. The molecule has 5 N–H and O–H groups in total. The van der Waals surface area contributed by atoms with E-state index in [1.807, 2.05) is 75.6 Å². The molecule has 3 aromatic carbocycles. The minimum Gasteiger partial charge on any atom is -0.507 e. The number of benzene rings is 3. The maximum absolute atomic E-state index is 14.7. The van der Waals surface area contributed by atoms with E-state index >= 15 is 0 Å². The maximum atomic E-state index is 14.7. The summed E-state index contributed by atoms with van der Waals surface area (Å²) in [6.45, 7) is 13.8. The lowest BCUT2D eigenvalue weighted by molar-refractivity contribution is -0.134. The van der Waals surface area contributed by atoms with E-state index < -0.39 is 23.8 Å². The SMILES string of the molecule is CCC1CN(c2cc(-c3ccccc3O)nnc2N)CC(C)N1c1ncc(C2CCN([C@H]3CC4(C[C@H](c5noc([C@H](C(=O)N6C[C@H](O)C[C@H]6C6=NO[C@@](C)(c7ccc(-c8ccccc8F)cc7)N6)C(C)C)c5Cl)C4)C3)CC2)cn1. The highest BCUT2D eigenvalue weighted by Gasteiger charge is 2.56. The number of aromatic nitrogens is 5. The highest BCUT2D eigenvalue weighted by molar-refractivity contribution is 6.32. The number of nitrogen functional groups attached to an aromatic ring is 1. The number of β-amino-alcohol motifs (C(OH)–C–C–N with tert-alkyl or cyclic N) is 1. The smallest absolute Gasteiger partial charge is 0.234 e. The van der Waals surface area contributed by atoms with Gasteiger partial charge in [0.2, 0.25) is 17.6 Å². The van der Waals surface area contributed by atoms with Crippen molar-refractivity contribution in [2.24, 2.45) is 16.5 Å². The molecule has 0 radical (unpaired) electrons. The summed E-state index contributed by atoms with van der Waals surface area (Å²) in [7, 11) is 0. The molecule has 6 aromatic rings. The number of carbonyl (C=O) groups is 1. The zero-order valence-corrected chi connectivity index (χ0v) is 46.2. The van der Waals surface area contributed by atoms with Crippen LogP contribution in [0.3, 0.4) is 0 Å². The first kappa shape index (κ1) is 52.8. The molecule has 17 nitrogen and oxygen atoms in total. The van der Waals surface area contributed by atoms with Crippen molar-refractivity contribution >= 4 is 40.8 Å². The van der Waals surface area contributed by atoms with Crippen LogP contribution in [0.2, 0.25) is 5.02 Å². The van der Waals surface area contributed by atoms with Crippen LogP contribution in [-0.2, 0) is 15.4 Å². The van der Waals surface area contributed by atoms with Crippen molar-refractivity contribution in [1.82, 2.24) is 40.4 Å². The van der Waals surface area contributed by atoms with Gasteiger partial charge in [-0.05, 0) is 118 Å². The minimum absolute atomic E-state index is 0.106. The number of nitrogens with one attached hydrogen (secondary N) is 1. The van der Waals surface area contributed by atoms with E-state index in [0.717, 1.165) is 93.0 Å². The largest absolute Gasteiger partial charge is 0.507 e. The average molecular weight is 1090 g/mol. The van der Waals surface area contributed by atoms with Crippen LogP contribution in [0.25, 0.3) is 22.4 Å². The van der Waals surface area contributed by atoms with E-state index in [9.17, 15) is 19.4 Å². The quantitative estimate of drug-likeness (QED) is 0.0849. The molecule has 7 heterocycles. The molecule has 2 aliphatic carbocycles. The van der Waals surface area contributed by atoms with Crippen LogP contribution in [0.1, 0.15) is 126 Å². The fourth-order valence-corrected chi connectivity index (χ4v) is 14.2. The number of halogens is 2. The number of para-hydroxylation sites is 1. The summed E-state index contributed by atoms with van der Waals surface area (Å²) in [4.78, 5) is 39.6. The van der Waals surface area contributed by atoms with Gasteiger partial charge in [-0.15, -0.1) is 10.2 Å². The molecular weight excluding hydrogens is 1020 g/mol. The van der Waals surface area contributed by atoms with Crippen molar-refractivity contribution in [2.45, 2.75) is 140 Å². The Hall–Kier alpha value is -6.89. The Balaban J connectivity index is 0.625. The van der Waals surface area contributed by atoms with Crippen molar-refractivity contribution < 1.29 is 28.8 Å². The molecule has 4 aliphatic heterocycles. The van der Waals surface area contributed by atoms with Crippen molar-refractivity contribution in [3.63, 3.8) is 0 Å². The molecule has 414 valence electrons. The molecule has 2 saturated carbocycles. The number of hydrogen-bond donors (Lipinski definition) is 4. The number of amides is 1. The number of nitrogens with zero attached hydrogens (tertiary/aromatic N) is 10. The topological polar surface area (TPSA) is 208 Å². The van der Waals surface area contributed by atoms with Gasteiger partial charge in [0, 0.05) is 86.1 Å². The summed E-state index contributed by atoms with van der Waals surface area (Å²) < 4.78 is 20.6. The number of likely N-dealkylation sites (tertiary alicyclic amines) is 2. The Morgan fingerprint density at radius 1 is 0.937 bits per heavy atom. The molecule has 0 bridgehead atoms. The molecular formula is C60H70ClFN12O5. The van der Waals surface area contributed by atoms with Gasteiger partial charge >= 0.3 is 0 Å². The van der Waals surface area contributed by atoms with E-state index in [1.54, 1.807) is 35.2 Å². The van der Waals surface area contributed by atoms with Crippen LogP contribution < -0.4 is 20.9 Å². The fraction of sp³-hybridized carbons (Fsp3) is 0.483. The third-order valence-corrected chi connectivity index (χ3v) is 18.5. The summed E-state index contributed by atoms with van der Waals surface area (Å²) in [5, 5.41) is 42.9. The van der Waals surface area contributed by atoms with Gasteiger partial charge in [0.05, 0.1) is 23.5 Å². The number of nitrogens with two attached hydrogens (primary N) is 1. The number of piperazine rings is 1. The maximum Gasteiger partial charge on any atom is 0.234 e. The van der Waals surface area contributed by atoms with Crippen molar-refractivity contribution in [3.8, 4) is 28.1 Å². The predicted molar refractivity (Wildman–Crippen MR) is 301 cm³/mol. The second-order valence-electron chi connectivity index (χ2n) is 23.7. The van der Waals surface area contributed by atoms with Crippen molar-refractivity contribution in [3.05, 3.63) is 125 Å². The lowest BCUT2D eigenvalue weighted by Crippen LogP contribution is -2.58. The van der Waals surface area contributed by atoms with E-state index in [4.69, 9.17) is 36.7 Å². The third-order valence-electron chi connectivity index (χ3n) is 18.2. The first-order valence-corrected chi connectivity index (χ1v) is 28.5. The van der Waals surface area contributed by atoms with E-state index in [-0.39, 0.29) is 59.8 Å². The number of anilines is 3. The first-order valence-electron chi connectivity index (χ1n) is 28.1. The molecule has 2 unspecified atom stereocenters. The van der Waals surface area contributed by atoms with Crippen molar-refractivity contribution in [1.29, 1.82) is 0 Å². The number of carbonyl (C=O) groups excluding carboxylic acids is 1. The number of piperidine rings is 1. The van der Waals surface area contributed by atoms with Crippen molar-refractivity contribution in [2.75, 3.05) is 48.3 Å². The summed E-state index contributed by atoms with van der Waals surface area (Å²) in [6.07, 6.45) is 11.0. The Labute approximate surface area is 465 Å². The fourth-order valence-electron chi connectivity index (χ4n) is 13.8. The number of rotatable bonds is 13. The molecule has 6 aliphatic rings. The van der Waals surface area contributed by atoms with Gasteiger partial charge in [-0.1, -0.05) is 97.3 Å². The van der Waals surface area contributed by atoms with Crippen LogP contribution in [0.5, 0.6) is 5.75 Å². The van der Waals surface area contributed by atoms with E-state index in [1.165, 1.54) is 11.6 Å². The Kier molecular flexibility index (Phi) is 14.0. The molecule has 3 saturated heterocycles. The Bertz CT molecular complexity index is 3230. The molecule has 79 heavy (non-hydrogen) atoms. The van der Waals surface area contributed by atoms with E-state index in [0.29, 0.717) is 57.8 Å². The second-order valence-corrected chi connectivity index (χ2v) is 24.1. The molecule has 19 heteroatoms. The first-order chi connectivity index (χ1) is 38.1. The summed E-state index contributed by atoms with van der Waals surface area (Å²) in [5.41, 5.74) is 11.6. The number of amidine groups is 1. The number of oxime groups is 1. The van der Waals surface area contributed by atoms with Gasteiger partial charge in [0.15, 0.2) is 17.4 Å². The molecule has 5 fully saturated rings. The summed E-state index contributed by atoms with van der Waals surface area (Å²) in [5.74, 6) is 1.24. The number of aliphatic hydroxyl groups is 1. The van der Waals surface area contributed by atoms with Crippen LogP contribution in [0, 0.1) is 17.2 Å². The van der Waals surface area contributed by atoms with Crippen LogP contribution in [-0.4, -0.2) is 120 Å². The molecule has 3 aromatic heterocycles. The number of phenols is 1. The Morgan fingerprint density at radius 3 is 2.34 bits per heavy atom. The zero-order chi connectivity index (χ0) is 54.9. The monoisotopic (exact) mass is 1090 g/mol. The number of aromatic hydroxyl groups is 1. The van der Waals surface area contributed by atoms with Gasteiger partial charge < -0.3 is 50.2 Å². The standard InChI is InChI=1S/C60H70ClFN12O5/c1-6-41-32-72(48-24-47(67-68-55(48)63)45-12-8-10-14-50(45)76)31-35(4)74(41)58-64-29-39(30-65-58)36-19-21-71(22-20-36)42-27-60(28-42)25-38(26-60)53-52(61)54(78-69-53)51(34(2)3)57(77)73-33-43(75)23-49(73)56-66-59(5,79-70-56)40-17-15-37(16-18-40)44-11-7-9-13-46(44)62/h7-18,24,29-30,34-36,38,41-43,49,51,75-76H,6,19-23,25-28,31-33H2,1-5H3,(H2,63,68)(H,66,70)/t35?,38-,41?,42-,43-,49+,51-,59+,60?/m1/s1. The summed E-state index contributed by atoms with van der Waals surface area (Å²) >= 11 is 7.18. The molecule has 6 atom stereocenters. The van der Waals surface area contributed by atoms with Crippen LogP contribution in [0.4, 0.5) is 21.8 Å². The second kappa shape index (κ2) is 21.0. The van der Waals surface area contributed by atoms with Gasteiger partial charge in [0.1, 0.15) is 28.2 Å². The van der Waals surface area contributed by atoms with Gasteiger partial charge in [-0.3, -0.25) is 4.79 Å². The molecule has 12 rings (SSSR count).